The number of hydrogen-bond acceptors (Lipinski definition) is 3. The van der Waals surface area contributed by atoms with E-state index in [0.717, 1.165) is 31.4 Å². The number of hydrogen-bond donors (Lipinski definition) is 1. The first-order valence-corrected chi connectivity index (χ1v) is 7.66. The van der Waals surface area contributed by atoms with Gasteiger partial charge in [-0.05, 0) is 37.5 Å². The summed E-state index contributed by atoms with van der Waals surface area (Å²) in [6, 6.07) is 6.93. The van der Waals surface area contributed by atoms with Crippen molar-refractivity contribution >= 4 is 5.91 Å². The van der Waals surface area contributed by atoms with E-state index in [1.165, 1.54) is 0 Å². The lowest BCUT2D eigenvalue weighted by molar-refractivity contribution is -0.173. The van der Waals surface area contributed by atoms with Crippen LogP contribution in [0.1, 0.15) is 24.8 Å². The lowest BCUT2D eigenvalue weighted by atomic mass is 10.1. The summed E-state index contributed by atoms with van der Waals surface area (Å²) in [5.41, 5.74) is 0.737. The molecule has 1 amide bonds. The summed E-state index contributed by atoms with van der Waals surface area (Å²) in [5, 5.41) is 1.74. The summed E-state index contributed by atoms with van der Waals surface area (Å²) in [5.74, 6) is 4.57. The zero-order valence-electron chi connectivity index (χ0n) is 13.0. The molecule has 7 heteroatoms. The first kappa shape index (κ1) is 18.1. The molecule has 1 aromatic carbocycles. The lowest BCUT2D eigenvalue weighted by Gasteiger charge is -2.17. The summed E-state index contributed by atoms with van der Waals surface area (Å²) in [6.45, 7) is 0.431. The Balaban J connectivity index is 1.80. The van der Waals surface area contributed by atoms with Gasteiger partial charge in [0.05, 0.1) is 6.54 Å². The van der Waals surface area contributed by atoms with Crippen molar-refractivity contribution in [1.82, 2.24) is 5.32 Å². The van der Waals surface area contributed by atoms with Gasteiger partial charge in [-0.2, -0.15) is 13.2 Å². The van der Waals surface area contributed by atoms with Gasteiger partial charge in [-0.1, -0.05) is 17.9 Å². The monoisotopic (exact) mass is 341 g/mol. The van der Waals surface area contributed by atoms with Crippen LogP contribution in [-0.4, -0.2) is 37.9 Å². The van der Waals surface area contributed by atoms with Crippen LogP contribution in [0.3, 0.4) is 0 Å². The highest BCUT2D eigenvalue weighted by Crippen LogP contribution is 2.15. The summed E-state index contributed by atoms with van der Waals surface area (Å²) < 4.78 is 46.9. The van der Waals surface area contributed by atoms with Gasteiger partial charge in [-0.3, -0.25) is 4.79 Å². The number of alkyl halides is 3. The zero-order chi connectivity index (χ0) is 17.4. The van der Waals surface area contributed by atoms with Crippen LogP contribution in [0.4, 0.5) is 13.2 Å². The van der Waals surface area contributed by atoms with Gasteiger partial charge in [0.25, 0.3) is 0 Å². The van der Waals surface area contributed by atoms with Crippen LogP contribution in [-0.2, 0) is 9.53 Å². The third-order valence-electron chi connectivity index (χ3n) is 3.31. The van der Waals surface area contributed by atoms with E-state index < -0.39 is 12.1 Å². The number of ether oxygens (including phenoxy) is 2. The normalized spacial score (nSPS) is 17.5. The average Bonchev–Trinajstić information content (AvgIpc) is 2.57. The average molecular weight is 341 g/mol. The molecule has 1 saturated heterocycles. The van der Waals surface area contributed by atoms with Gasteiger partial charge < -0.3 is 14.8 Å². The zero-order valence-corrected chi connectivity index (χ0v) is 13.0. The number of halogens is 3. The standard InChI is InChI=1S/C17H18F3NO3/c18-17(19,20)16(22)21-9-11-24-15-6-3-4-13(12-15)7-8-14-5-1-2-10-23-14/h3-4,6,12,14H,1-2,5,9-11H2,(H,21,22). The molecule has 0 spiro atoms. The highest BCUT2D eigenvalue weighted by molar-refractivity contribution is 5.81. The molecule has 24 heavy (non-hydrogen) atoms. The van der Waals surface area contributed by atoms with Crippen LogP contribution in [0, 0.1) is 11.8 Å². The Morgan fingerprint density at radius 1 is 1.38 bits per heavy atom. The molecule has 4 nitrogen and oxygen atoms in total. The van der Waals surface area contributed by atoms with Crippen molar-refractivity contribution in [1.29, 1.82) is 0 Å². The predicted octanol–water partition coefficient (Wildman–Crippen LogP) is 2.66. The molecular weight excluding hydrogens is 323 g/mol. The van der Waals surface area contributed by atoms with E-state index in [1.807, 2.05) is 6.07 Å². The second-order valence-electron chi connectivity index (χ2n) is 5.25. The topological polar surface area (TPSA) is 47.6 Å². The molecule has 0 aliphatic carbocycles. The van der Waals surface area contributed by atoms with Crippen molar-refractivity contribution in [3.05, 3.63) is 29.8 Å². The molecule has 0 radical (unpaired) electrons. The van der Waals surface area contributed by atoms with Crippen molar-refractivity contribution in [3.8, 4) is 17.6 Å². The fraction of sp³-hybridized carbons (Fsp3) is 0.471. The Bertz CT molecular complexity index is 613. The Labute approximate surface area is 138 Å². The minimum absolute atomic E-state index is 0.0547. The fourth-order valence-electron chi connectivity index (χ4n) is 2.12. The van der Waals surface area contributed by atoms with E-state index in [1.54, 1.807) is 23.5 Å². The van der Waals surface area contributed by atoms with Gasteiger partial charge in [-0.25, -0.2) is 0 Å². The number of carbonyl (C=O) groups is 1. The van der Waals surface area contributed by atoms with Crippen LogP contribution in [0.15, 0.2) is 24.3 Å². The van der Waals surface area contributed by atoms with Crippen molar-refractivity contribution in [2.24, 2.45) is 0 Å². The van der Waals surface area contributed by atoms with Gasteiger partial charge >= 0.3 is 12.1 Å². The van der Waals surface area contributed by atoms with Crippen LogP contribution in [0.2, 0.25) is 0 Å². The van der Waals surface area contributed by atoms with E-state index in [9.17, 15) is 18.0 Å². The van der Waals surface area contributed by atoms with Crippen LogP contribution in [0.5, 0.6) is 5.75 Å². The first-order chi connectivity index (χ1) is 11.4. The largest absolute Gasteiger partial charge is 0.492 e. The van der Waals surface area contributed by atoms with E-state index in [4.69, 9.17) is 9.47 Å². The third kappa shape index (κ3) is 6.13. The number of benzene rings is 1. The summed E-state index contributed by atoms with van der Waals surface area (Å²) in [4.78, 5) is 10.6. The third-order valence-corrected chi connectivity index (χ3v) is 3.31. The van der Waals surface area contributed by atoms with Gasteiger partial charge in [0.1, 0.15) is 18.5 Å². The molecule has 2 rings (SSSR count). The maximum atomic E-state index is 12.0. The molecule has 130 valence electrons. The van der Waals surface area contributed by atoms with E-state index in [-0.39, 0.29) is 19.3 Å². The molecule has 1 unspecified atom stereocenters. The quantitative estimate of drug-likeness (QED) is 0.677. The second kappa shape index (κ2) is 8.60. The molecule has 1 aliphatic rings. The molecule has 1 aliphatic heterocycles. The SMILES string of the molecule is O=C(NCCOc1cccc(C#CC2CCCCO2)c1)C(F)(F)F. The predicted molar refractivity (Wildman–Crippen MR) is 81.5 cm³/mol. The minimum atomic E-state index is -4.88. The van der Waals surface area contributed by atoms with E-state index >= 15 is 0 Å². The first-order valence-electron chi connectivity index (χ1n) is 7.66. The molecular formula is C17H18F3NO3. The second-order valence-corrected chi connectivity index (χ2v) is 5.25. The van der Waals surface area contributed by atoms with Crippen molar-refractivity contribution < 1.29 is 27.4 Å². The van der Waals surface area contributed by atoms with Gasteiger partial charge in [0.15, 0.2) is 0 Å². The summed E-state index contributed by atoms with van der Waals surface area (Å²) >= 11 is 0. The number of nitrogens with one attached hydrogen (secondary N) is 1. The van der Waals surface area contributed by atoms with Crippen LogP contribution in [0.25, 0.3) is 0 Å². The van der Waals surface area contributed by atoms with Crippen molar-refractivity contribution in [2.45, 2.75) is 31.5 Å². The van der Waals surface area contributed by atoms with Crippen molar-refractivity contribution in [3.63, 3.8) is 0 Å². The van der Waals surface area contributed by atoms with Gasteiger partial charge in [0, 0.05) is 12.2 Å². The molecule has 1 fully saturated rings. The minimum Gasteiger partial charge on any atom is -0.492 e. The maximum Gasteiger partial charge on any atom is 0.471 e. The lowest BCUT2D eigenvalue weighted by Crippen LogP contribution is -2.38. The van der Waals surface area contributed by atoms with Crippen molar-refractivity contribution in [2.75, 3.05) is 19.8 Å². The van der Waals surface area contributed by atoms with E-state index in [2.05, 4.69) is 11.8 Å². The van der Waals surface area contributed by atoms with E-state index in [0.29, 0.717) is 5.75 Å². The number of rotatable bonds is 4. The molecule has 1 heterocycles. The summed E-state index contributed by atoms with van der Waals surface area (Å²) in [6.07, 6.45) is -1.85. The molecule has 0 aromatic heterocycles. The number of amides is 1. The molecule has 0 saturated carbocycles. The molecule has 1 atom stereocenters. The Morgan fingerprint density at radius 3 is 2.92 bits per heavy atom. The molecule has 0 bridgehead atoms. The van der Waals surface area contributed by atoms with Crippen LogP contribution >= 0.6 is 0 Å². The molecule has 1 N–H and O–H groups in total. The highest BCUT2D eigenvalue weighted by atomic mass is 19.4. The van der Waals surface area contributed by atoms with Gasteiger partial charge in [-0.15, -0.1) is 0 Å². The Morgan fingerprint density at radius 2 is 2.21 bits per heavy atom. The Kier molecular flexibility index (Phi) is 6.50. The number of carbonyl (C=O) groups excluding carboxylic acids is 1. The van der Waals surface area contributed by atoms with Crippen LogP contribution < -0.4 is 10.1 Å². The summed E-state index contributed by atoms with van der Waals surface area (Å²) in [7, 11) is 0. The van der Waals surface area contributed by atoms with Gasteiger partial charge in [0.2, 0.25) is 0 Å². The smallest absolute Gasteiger partial charge is 0.471 e. The maximum absolute atomic E-state index is 12.0. The molecule has 1 aromatic rings. The highest BCUT2D eigenvalue weighted by Gasteiger charge is 2.38. The fourth-order valence-corrected chi connectivity index (χ4v) is 2.12. The Hall–Kier alpha value is -2.20.